The molecular weight excluding hydrogens is 1280 g/mol. The molecule has 24 nitrogen and oxygen atoms in total. The molecule has 1 aromatic carbocycles. The monoisotopic (exact) mass is 1340 g/mol. The van der Waals surface area contributed by atoms with Gasteiger partial charge in [0.15, 0.2) is 39.1 Å². The van der Waals surface area contributed by atoms with Crippen molar-refractivity contribution in [2.24, 2.45) is 0 Å². The molecule has 2 bridgehead atoms. The number of piperidine rings is 3. The number of hydrogen-bond acceptors (Lipinski definition) is 25. The van der Waals surface area contributed by atoms with E-state index in [9.17, 15) is 0 Å². The summed E-state index contributed by atoms with van der Waals surface area (Å²) in [5.41, 5.74) is 10.3. The molecule has 17 heterocycles. The van der Waals surface area contributed by atoms with Crippen molar-refractivity contribution >= 4 is 124 Å². The third-order valence-corrected chi connectivity index (χ3v) is 23.8. The number of ether oxygens (including phenoxy) is 2. The summed E-state index contributed by atoms with van der Waals surface area (Å²) in [4.78, 5) is 52.5. The zero-order valence-electron chi connectivity index (χ0n) is 51.0. The van der Waals surface area contributed by atoms with Crippen molar-refractivity contribution in [3.05, 3.63) is 86.2 Å². The zero-order valence-corrected chi connectivity index (χ0v) is 55.9. The van der Waals surface area contributed by atoms with Crippen molar-refractivity contribution in [2.75, 3.05) is 25.0 Å². The molecule has 0 radical (unpaired) electrons. The maximum Gasteiger partial charge on any atom is 0.276 e. The number of aromatic amines is 5. The molecule has 0 spiro atoms. The highest BCUT2D eigenvalue weighted by Gasteiger charge is 2.50. The highest BCUT2D eigenvalue weighted by atomic mass is 32.1. The van der Waals surface area contributed by atoms with Crippen molar-refractivity contribution in [2.45, 2.75) is 127 Å². The van der Waals surface area contributed by atoms with E-state index in [1.165, 1.54) is 46.9 Å². The molecule has 0 saturated carbocycles. The molecule has 13 aromatic heterocycles. The van der Waals surface area contributed by atoms with Crippen LogP contribution in [0.25, 0.3) is 116 Å². The van der Waals surface area contributed by atoms with E-state index in [2.05, 4.69) is 143 Å². The Bertz CT molecular complexity index is 4770. The average molecular weight is 1340 g/mol. The number of aromatic nitrogens is 18. The van der Waals surface area contributed by atoms with Gasteiger partial charge in [0, 0.05) is 118 Å². The number of pyridine rings is 1. The smallest absolute Gasteiger partial charge is 0.276 e. The van der Waals surface area contributed by atoms with E-state index < -0.39 is 0 Å². The number of nitrogens with one attached hydrogen (secondary N) is 8. The first-order valence-electron chi connectivity index (χ1n) is 30.6. The number of thiazole rings is 6. The van der Waals surface area contributed by atoms with E-state index in [-0.39, 0.29) is 28.8 Å². The van der Waals surface area contributed by atoms with Gasteiger partial charge in [-0.2, -0.15) is 25.3 Å². The number of fused-ring (bicyclic) bond motifs is 7. The third-order valence-electron chi connectivity index (χ3n) is 17.8. The minimum absolute atomic E-state index is 0.0959. The largest absolute Gasteiger partial charge is 0.467 e. The van der Waals surface area contributed by atoms with Gasteiger partial charge in [-0.3, -0.25) is 20.3 Å². The summed E-state index contributed by atoms with van der Waals surface area (Å²) in [6.07, 6.45) is 27.6. The van der Waals surface area contributed by atoms with Crippen LogP contribution >= 0.6 is 68.0 Å². The molecule has 92 heavy (non-hydrogen) atoms. The first-order valence-corrected chi connectivity index (χ1v) is 35.5. The van der Waals surface area contributed by atoms with Crippen LogP contribution in [0.5, 0.6) is 10.4 Å². The van der Waals surface area contributed by atoms with E-state index in [1.54, 1.807) is 58.8 Å². The Morgan fingerprint density at radius 1 is 0.554 bits per heavy atom. The van der Waals surface area contributed by atoms with Crippen molar-refractivity contribution < 1.29 is 9.47 Å². The first kappa shape index (κ1) is 59.0. The lowest BCUT2D eigenvalue weighted by molar-refractivity contribution is 0.112. The molecule has 4 aliphatic heterocycles. The van der Waals surface area contributed by atoms with Gasteiger partial charge >= 0.3 is 0 Å². The van der Waals surface area contributed by atoms with Gasteiger partial charge in [-0.15, -0.1) is 10.2 Å². The number of H-pyrrole nitrogens is 5. The Labute approximate surface area is 550 Å². The fraction of sp³-hybridized carbons (Fsp3) is 0.371. The highest BCUT2D eigenvalue weighted by molar-refractivity contribution is 7.30. The molecule has 8 N–H and O–H groups in total. The summed E-state index contributed by atoms with van der Waals surface area (Å²) in [5, 5.41) is 47.2. The summed E-state index contributed by atoms with van der Waals surface area (Å²) >= 11 is 9.37. The van der Waals surface area contributed by atoms with Gasteiger partial charge in [-0.1, -0.05) is 74.1 Å². The fourth-order valence-corrected chi connectivity index (χ4v) is 19.3. The number of rotatable bonds is 12. The molecule has 18 rings (SSSR count). The second-order valence-corrected chi connectivity index (χ2v) is 31.0. The van der Waals surface area contributed by atoms with Crippen LogP contribution in [0.1, 0.15) is 86.0 Å². The molecule has 4 fully saturated rings. The highest BCUT2D eigenvalue weighted by Crippen LogP contribution is 2.47. The zero-order chi connectivity index (χ0) is 62.3. The predicted octanol–water partition coefficient (Wildman–Crippen LogP) is 12.9. The lowest BCUT2D eigenvalue weighted by Gasteiger charge is -2.45. The SMILES string of the molecule is CC1(C)CC(Oc2nc3sc(-c4ncc(-c5cn[nH]c5)c5cc[nH]c45)nc3s2)CCN1.CN(c1nc2sc(-c3ncc(-c4cn[nH]c4)nn3)nc2s1)C1C[C@]2(C)CC[C@](C)(C1)N2.C[C@@H]1C[C@@H](Oc2nc3sc(-c4ccc(-c5cn[nH]c5)c5cc[nH]c45)nc3s2)CCN1. The predicted molar refractivity (Wildman–Crippen MR) is 367 cm³/mol. The summed E-state index contributed by atoms with van der Waals surface area (Å²) in [6, 6.07) is 9.39. The van der Waals surface area contributed by atoms with Crippen molar-refractivity contribution in [1.82, 2.24) is 107 Å². The average Bonchev–Trinajstić information content (AvgIpc) is 1.63. The minimum Gasteiger partial charge on any atom is -0.467 e. The van der Waals surface area contributed by atoms with Crippen molar-refractivity contribution in [3.8, 4) is 76.0 Å². The van der Waals surface area contributed by atoms with Crippen LogP contribution < -0.4 is 30.3 Å². The molecule has 30 heteroatoms. The van der Waals surface area contributed by atoms with E-state index in [1.807, 2.05) is 37.2 Å². The first-order chi connectivity index (χ1) is 44.7. The summed E-state index contributed by atoms with van der Waals surface area (Å²) in [7, 11) is 2.17. The van der Waals surface area contributed by atoms with Crippen molar-refractivity contribution in [3.63, 3.8) is 0 Å². The Balaban J connectivity index is 0.000000110. The van der Waals surface area contributed by atoms with Crippen LogP contribution in [0.15, 0.2) is 86.2 Å². The maximum atomic E-state index is 6.20. The van der Waals surface area contributed by atoms with Gasteiger partial charge in [0.05, 0.1) is 35.8 Å². The molecule has 4 saturated heterocycles. The van der Waals surface area contributed by atoms with Gasteiger partial charge in [-0.25, -0.2) is 24.9 Å². The van der Waals surface area contributed by atoms with Crippen LogP contribution in [-0.4, -0.2) is 152 Å². The summed E-state index contributed by atoms with van der Waals surface area (Å²) in [6.45, 7) is 13.3. The van der Waals surface area contributed by atoms with Gasteiger partial charge < -0.3 is 40.3 Å². The van der Waals surface area contributed by atoms with Crippen molar-refractivity contribution in [1.29, 1.82) is 0 Å². The molecule has 14 aromatic rings. The topological polar surface area (TPSA) is 304 Å². The van der Waals surface area contributed by atoms with E-state index in [0.29, 0.717) is 28.8 Å². The Morgan fingerprint density at radius 3 is 1.82 bits per heavy atom. The molecule has 2 unspecified atom stereocenters. The Morgan fingerprint density at radius 2 is 1.15 bits per heavy atom. The van der Waals surface area contributed by atoms with Gasteiger partial charge in [0.1, 0.15) is 33.6 Å². The van der Waals surface area contributed by atoms with Gasteiger partial charge in [0.25, 0.3) is 10.4 Å². The maximum absolute atomic E-state index is 6.20. The molecule has 0 amide bonds. The van der Waals surface area contributed by atoms with E-state index >= 15 is 0 Å². The number of benzene rings is 1. The Hall–Kier alpha value is -8.07. The molecule has 4 aliphatic rings. The van der Waals surface area contributed by atoms with E-state index in [4.69, 9.17) is 44.4 Å². The summed E-state index contributed by atoms with van der Waals surface area (Å²) in [5.74, 6) is 0.521. The fourth-order valence-electron chi connectivity index (χ4n) is 13.3. The Kier molecular flexibility index (Phi) is 15.3. The standard InChI is InChI=1S/C21H21N7OS2.C21H20N6OS2.C20H23N9S2/c1-21(2)7-12(3-6-24-21)29-20-28-19-18(31-20)27-17(30-19)16-15-13(4-5-22-15)14(10-23-16)11-8-25-26-9-11;1-11-8-13(4-6-22-11)28-21-27-20-19(30-21)26-18(29-20)16-3-2-14(12-9-24-25-10-12)15-5-7-23-17(15)16;1-19-4-5-20(2,28-19)7-12(6-19)29(3)18-25-17-16(31-18)24-15(30-17)14-21-10-13(26-27-14)11-8-22-23-9-11/h4-5,8-10,12,22,24H,3,6-7H2,1-2H3,(H,25,26);2-3,5,7,9-11,13,22-23H,4,6,8H2,1H3,(H,24,25);8-10,12,28H,4-7H2,1-3H3,(H,22,23)/t;11-,13+;12?,19-,20+/m.1./s1. The number of anilines is 1. The molecular formula is C62H64N22O2S6. The van der Waals surface area contributed by atoms with Crippen LogP contribution in [0.2, 0.25) is 0 Å². The van der Waals surface area contributed by atoms with Gasteiger partial charge in [0.2, 0.25) is 5.82 Å². The normalized spacial score (nSPS) is 22.1. The minimum atomic E-state index is 0.0959. The molecule has 6 atom stereocenters. The van der Waals surface area contributed by atoms with Crippen LogP contribution in [0.4, 0.5) is 5.13 Å². The number of nitrogens with zero attached hydrogens (tertiary/aromatic N) is 14. The summed E-state index contributed by atoms with van der Waals surface area (Å²) < 4.78 is 12.3. The van der Waals surface area contributed by atoms with Crippen LogP contribution in [0, 0.1) is 0 Å². The van der Waals surface area contributed by atoms with Crippen LogP contribution in [-0.2, 0) is 0 Å². The lowest BCUT2D eigenvalue weighted by atomic mass is 9.84. The molecule has 470 valence electrons. The van der Waals surface area contributed by atoms with Gasteiger partial charge in [-0.05, 0) is 116 Å². The molecule has 0 aliphatic carbocycles. The quantitative estimate of drug-likeness (QED) is 0.0564. The number of hydrogen-bond donors (Lipinski definition) is 8. The lowest BCUT2D eigenvalue weighted by Crippen LogP contribution is -2.58. The van der Waals surface area contributed by atoms with Crippen LogP contribution in [0.3, 0.4) is 0 Å². The second kappa shape index (κ2) is 23.8. The van der Waals surface area contributed by atoms with E-state index in [0.717, 1.165) is 167 Å². The third kappa shape index (κ3) is 11.7. The second-order valence-electron chi connectivity index (χ2n) is 25.3.